The minimum Gasteiger partial charge on any atom is -0.465 e. The van der Waals surface area contributed by atoms with Gasteiger partial charge in [-0.25, -0.2) is 14.8 Å². The van der Waals surface area contributed by atoms with E-state index in [4.69, 9.17) is 10.5 Å². The lowest BCUT2D eigenvalue weighted by Crippen LogP contribution is -2.59. The van der Waals surface area contributed by atoms with Crippen LogP contribution in [0.4, 0.5) is 10.6 Å². The van der Waals surface area contributed by atoms with Gasteiger partial charge in [0.15, 0.2) is 0 Å². The molecule has 0 saturated carbocycles. The number of carbonyl (C=O) groups excluding carboxylic acids is 1. The maximum absolute atomic E-state index is 12.6. The number of nitrogens with zero attached hydrogens (tertiary/aromatic N) is 4. The summed E-state index contributed by atoms with van der Waals surface area (Å²) in [6, 6.07) is 4.72. The van der Waals surface area contributed by atoms with Crippen molar-refractivity contribution in [3.63, 3.8) is 0 Å². The second-order valence-electron chi connectivity index (χ2n) is 5.82. The van der Waals surface area contributed by atoms with Crippen LogP contribution in [-0.2, 0) is 16.1 Å². The van der Waals surface area contributed by atoms with Crippen molar-refractivity contribution in [2.45, 2.75) is 12.6 Å². The van der Waals surface area contributed by atoms with E-state index in [1.54, 1.807) is 4.90 Å². The second-order valence-corrected chi connectivity index (χ2v) is 5.82. The summed E-state index contributed by atoms with van der Waals surface area (Å²) in [4.78, 5) is 34.8. The topological polar surface area (TPSA) is 122 Å². The molecule has 1 aliphatic heterocycles. The van der Waals surface area contributed by atoms with E-state index in [-0.39, 0.29) is 19.1 Å². The van der Waals surface area contributed by atoms with Gasteiger partial charge < -0.3 is 20.5 Å². The third kappa shape index (κ3) is 3.31. The summed E-state index contributed by atoms with van der Waals surface area (Å²) in [6.45, 7) is 0.975. The molecule has 2 heterocycles. The lowest BCUT2D eigenvalue weighted by atomic mass is 10.1. The van der Waals surface area contributed by atoms with Gasteiger partial charge in [-0.15, -0.1) is 0 Å². The van der Waals surface area contributed by atoms with Gasteiger partial charge in [-0.1, -0.05) is 6.07 Å². The second kappa shape index (κ2) is 6.89. The molecule has 1 aromatic heterocycles. The van der Waals surface area contributed by atoms with Gasteiger partial charge in [0.05, 0.1) is 12.1 Å². The first-order valence-electron chi connectivity index (χ1n) is 7.77. The standard InChI is InChI=1S/C16H19N5O4/c1-25-8-13-15(22)20(4-5-21(13)16(23)24)7-10-2-3-11-12(6-10)18-9-19-14(11)17/h2-3,6,9,13H,4-5,7-8H2,1H3,(H,23,24)(H2,17,18,19)/t13-/m0/s1. The summed E-state index contributed by atoms with van der Waals surface area (Å²) in [7, 11) is 1.44. The molecule has 0 bridgehead atoms. The quantitative estimate of drug-likeness (QED) is 0.829. The van der Waals surface area contributed by atoms with E-state index in [1.807, 2.05) is 18.2 Å². The molecule has 0 radical (unpaired) electrons. The van der Waals surface area contributed by atoms with Crippen LogP contribution in [-0.4, -0.2) is 69.7 Å². The van der Waals surface area contributed by atoms with Crippen LogP contribution in [0.2, 0.25) is 0 Å². The van der Waals surface area contributed by atoms with Gasteiger partial charge in [-0.05, 0) is 17.7 Å². The molecule has 3 rings (SSSR count). The van der Waals surface area contributed by atoms with E-state index < -0.39 is 12.1 Å². The fourth-order valence-electron chi connectivity index (χ4n) is 2.99. The number of nitrogens with two attached hydrogens (primary N) is 1. The molecule has 0 unspecified atom stereocenters. The van der Waals surface area contributed by atoms with Gasteiger partial charge in [-0.2, -0.15) is 0 Å². The Hall–Kier alpha value is -2.94. The Morgan fingerprint density at radius 1 is 1.40 bits per heavy atom. The predicted octanol–water partition coefficient (Wildman–Crippen LogP) is 0.549. The van der Waals surface area contributed by atoms with Crippen LogP contribution in [0.15, 0.2) is 24.5 Å². The monoisotopic (exact) mass is 345 g/mol. The van der Waals surface area contributed by atoms with Crippen LogP contribution in [0.1, 0.15) is 5.56 Å². The Morgan fingerprint density at radius 3 is 2.92 bits per heavy atom. The summed E-state index contributed by atoms with van der Waals surface area (Å²) in [5.74, 6) is 0.139. The SMILES string of the molecule is COC[C@H]1C(=O)N(Cc2ccc3c(N)ncnc3c2)CCN1C(=O)O. The summed E-state index contributed by atoms with van der Waals surface area (Å²) in [5.41, 5.74) is 7.41. The number of carbonyl (C=O) groups is 2. The average Bonchev–Trinajstić information content (AvgIpc) is 2.58. The van der Waals surface area contributed by atoms with E-state index in [1.165, 1.54) is 13.4 Å². The number of anilines is 1. The highest BCUT2D eigenvalue weighted by atomic mass is 16.5. The summed E-state index contributed by atoms with van der Waals surface area (Å²) in [5, 5.41) is 10.0. The molecule has 1 atom stereocenters. The summed E-state index contributed by atoms with van der Waals surface area (Å²) in [6.07, 6.45) is 0.278. The molecular weight excluding hydrogens is 326 g/mol. The zero-order valence-corrected chi connectivity index (χ0v) is 13.8. The van der Waals surface area contributed by atoms with Crippen LogP contribution < -0.4 is 5.73 Å². The number of rotatable bonds is 4. The van der Waals surface area contributed by atoms with Crippen LogP contribution in [0.25, 0.3) is 10.9 Å². The maximum Gasteiger partial charge on any atom is 0.408 e. The minimum absolute atomic E-state index is 0.0309. The van der Waals surface area contributed by atoms with Crippen molar-refractivity contribution >= 4 is 28.7 Å². The van der Waals surface area contributed by atoms with Crippen molar-refractivity contribution in [1.29, 1.82) is 0 Å². The van der Waals surface area contributed by atoms with Crippen molar-refractivity contribution in [2.24, 2.45) is 0 Å². The molecule has 25 heavy (non-hydrogen) atoms. The lowest BCUT2D eigenvalue weighted by molar-refractivity contribution is -0.143. The van der Waals surface area contributed by atoms with Crippen LogP contribution in [0.3, 0.4) is 0 Å². The van der Waals surface area contributed by atoms with E-state index in [0.717, 1.165) is 15.8 Å². The van der Waals surface area contributed by atoms with Gasteiger partial charge in [0, 0.05) is 32.1 Å². The third-order valence-corrected chi connectivity index (χ3v) is 4.26. The molecule has 9 heteroatoms. The minimum atomic E-state index is -1.12. The van der Waals surface area contributed by atoms with Crippen molar-refractivity contribution in [1.82, 2.24) is 19.8 Å². The summed E-state index contributed by atoms with van der Waals surface area (Å²) >= 11 is 0. The number of nitrogen functional groups attached to an aromatic ring is 1. The molecule has 3 N–H and O–H groups in total. The molecular formula is C16H19N5O4. The highest BCUT2D eigenvalue weighted by Crippen LogP contribution is 2.20. The number of hydrogen-bond acceptors (Lipinski definition) is 6. The van der Waals surface area contributed by atoms with Crippen molar-refractivity contribution in [2.75, 3.05) is 32.5 Å². The molecule has 0 aliphatic carbocycles. The van der Waals surface area contributed by atoms with Crippen LogP contribution in [0.5, 0.6) is 0 Å². The highest BCUT2D eigenvalue weighted by Gasteiger charge is 2.37. The maximum atomic E-state index is 12.6. The third-order valence-electron chi connectivity index (χ3n) is 4.26. The summed E-state index contributed by atoms with van der Waals surface area (Å²) < 4.78 is 5.02. The van der Waals surface area contributed by atoms with Gasteiger partial charge in [0.2, 0.25) is 5.91 Å². The number of hydrogen-bond donors (Lipinski definition) is 2. The molecule has 0 spiro atoms. The molecule has 1 aromatic carbocycles. The smallest absolute Gasteiger partial charge is 0.408 e. The van der Waals surface area contributed by atoms with Crippen molar-refractivity contribution in [3.8, 4) is 0 Å². The van der Waals surface area contributed by atoms with Gasteiger partial charge >= 0.3 is 6.09 Å². The zero-order chi connectivity index (χ0) is 18.0. The number of aromatic nitrogens is 2. The van der Waals surface area contributed by atoms with E-state index in [9.17, 15) is 14.7 Å². The number of ether oxygens (including phenoxy) is 1. The normalized spacial score (nSPS) is 18.0. The Kier molecular flexibility index (Phi) is 4.66. The van der Waals surface area contributed by atoms with Gasteiger partial charge in [0.25, 0.3) is 0 Å². The van der Waals surface area contributed by atoms with Crippen LogP contribution in [0, 0.1) is 0 Å². The highest BCUT2D eigenvalue weighted by molar-refractivity contribution is 5.89. The fraction of sp³-hybridized carbons (Fsp3) is 0.375. The lowest BCUT2D eigenvalue weighted by Gasteiger charge is -2.38. The number of fused-ring (bicyclic) bond motifs is 1. The van der Waals surface area contributed by atoms with Crippen molar-refractivity contribution < 1.29 is 19.4 Å². The van der Waals surface area contributed by atoms with E-state index in [0.29, 0.717) is 24.4 Å². The largest absolute Gasteiger partial charge is 0.465 e. The first-order chi connectivity index (χ1) is 12.0. The van der Waals surface area contributed by atoms with Crippen LogP contribution >= 0.6 is 0 Å². The molecule has 2 aromatic rings. The number of carboxylic acid groups (broad SMARTS) is 1. The average molecular weight is 345 g/mol. The van der Waals surface area contributed by atoms with E-state index >= 15 is 0 Å². The Bertz CT molecular complexity index is 812. The molecule has 1 saturated heterocycles. The zero-order valence-electron chi connectivity index (χ0n) is 13.8. The van der Waals surface area contributed by atoms with Crippen molar-refractivity contribution in [3.05, 3.63) is 30.1 Å². The first-order valence-corrected chi connectivity index (χ1v) is 7.77. The molecule has 1 fully saturated rings. The Balaban J connectivity index is 1.80. The number of methoxy groups -OCH3 is 1. The molecule has 1 aliphatic rings. The molecule has 132 valence electrons. The number of piperazine rings is 1. The first kappa shape index (κ1) is 16.9. The van der Waals surface area contributed by atoms with E-state index in [2.05, 4.69) is 9.97 Å². The number of benzene rings is 1. The Labute approximate surface area is 144 Å². The Morgan fingerprint density at radius 2 is 2.20 bits per heavy atom. The fourth-order valence-corrected chi connectivity index (χ4v) is 2.99. The molecule has 9 nitrogen and oxygen atoms in total. The van der Waals surface area contributed by atoms with Gasteiger partial charge in [0.1, 0.15) is 18.2 Å². The molecule has 2 amide bonds. The number of amides is 2. The van der Waals surface area contributed by atoms with Gasteiger partial charge in [-0.3, -0.25) is 9.69 Å². The predicted molar refractivity (Wildman–Crippen MR) is 89.8 cm³/mol.